The summed E-state index contributed by atoms with van der Waals surface area (Å²) >= 11 is 16.9. The Balaban J connectivity index is 0.000000245. The first-order chi connectivity index (χ1) is 66.0. The van der Waals surface area contributed by atoms with Crippen LogP contribution in [0.25, 0.3) is 5.57 Å². The standard InChI is InChI=1S/C22H22FNO2S.C16H15FO2S.C14H11FO2S.C14H9FOS.C10H10BrFO2.C10H11FO2.C8H13NO3.C7H6BrF.C6H6S.Na.H2O/c1-2-26-22(25)24-11-9-15(10-12-24)21-18-8-7-17(23)13-16(18)14-27-20-6-4-3-5-19(20)21;1-2-19-16(18)15-9-8-13(17)10-12(15)11-20-14-6-4-3-5-7-14;15-11-6-7-13(14(16)17)10(8-11)9-18-12-4-2-1-3-5-12;15-10-5-6-11-9(7-10)8-17-13-4-2-1-3-12(13)14(11)16;1-2-14-10(13)9-4-3-8(12)5-7(9)6-11;1-3-13-10(12)9-5-4-8(11)6-7(9)2;1-2-12-8(11)9-5-3-7(10)4-6-9;1-5-4-6(9)2-3-7(5)8;7-6-4-2-1-3-5-6;;/h3-8,13H,2,9-12,14H2,1H3;3-10H,2,11H2,1H3;1-8H,9H2,(H,16,17);1-7H,8H2;3-5H,2,6H2,1H3;4-6H,3H2,1-2H3;2-6H2,1H3;2-4H,1H3;1-5,7H;;1H2/q;;;;;;;;;+1;/p-1. The fourth-order valence-electron chi connectivity index (χ4n) is 13.5. The van der Waals surface area contributed by atoms with Gasteiger partial charge in [0.15, 0.2) is 5.78 Å². The van der Waals surface area contributed by atoms with Gasteiger partial charge < -0.3 is 44.1 Å². The van der Waals surface area contributed by atoms with Crippen molar-refractivity contribution in [3.8, 4) is 0 Å². The van der Waals surface area contributed by atoms with Crippen molar-refractivity contribution in [2.45, 2.75) is 127 Å². The number of aryl methyl sites for hydroxylation is 2. The number of thioether (sulfide) groups is 4. The first kappa shape index (κ1) is 117. The number of esters is 3. The van der Waals surface area contributed by atoms with Crippen molar-refractivity contribution < 1.29 is 133 Å². The van der Waals surface area contributed by atoms with Crippen LogP contribution in [0.2, 0.25) is 0 Å². The number of nitrogens with zero attached hydrogens (tertiary/aromatic N) is 2. The molecule has 0 saturated carbocycles. The number of fused-ring (bicyclic) bond motifs is 4. The number of aromatic carboxylic acids is 1. The number of likely N-dealkylation sites (tertiary alicyclic amines) is 2. The molecular weight excluding hydrogens is 2030 g/mol. The van der Waals surface area contributed by atoms with E-state index < -0.39 is 29.7 Å². The van der Waals surface area contributed by atoms with Gasteiger partial charge >= 0.3 is 65.6 Å². The van der Waals surface area contributed by atoms with Gasteiger partial charge in [0.1, 0.15) is 46.5 Å². The number of carboxylic acid groups (broad SMARTS) is 1. The van der Waals surface area contributed by atoms with Crippen LogP contribution in [0.5, 0.6) is 0 Å². The van der Waals surface area contributed by atoms with Gasteiger partial charge in [0.25, 0.3) is 0 Å². The van der Waals surface area contributed by atoms with Crippen molar-refractivity contribution in [3.63, 3.8) is 0 Å². The summed E-state index contributed by atoms with van der Waals surface area (Å²) in [6.07, 6.45) is 2.02. The van der Waals surface area contributed by atoms with E-state index in [1.165, 1.54) is 130 Å². The van der Waals surface area contributed by atoms with Crippen LogP contribution in [-0.2, 0) is 56.8 Å². The summed E-state index contributed by atoms with van der Waals surface area (Å²) in [7, 11) is 0. The topological polar surface area (TPSA) is 239 Å². The molecule has 16 rings (SSSR count). The minimum Gasteiger partial charge on any atom is -0.870 e. The number of alkyl halides is 1. The smallest absolute Gasteiger partial charge is 0.870 e. The van der Waals surface area contributed by atoms with Crippen LogP contribution in [0.15, 0.2) is 301 Å². The summed E-state index contributed by atoms with van der Waals surface area (Å²) < 4.78 is 117. The van der Waals surface area contributed by atoms with Gasteiger partial charge in [0.05, 0.1) is 55.3 Å². The predicted octanol–water partition coefficient (Wildman–Crippen LogP) is 25.0. The van der Waals surface area contributed by atoms with Gasteiger partial charge in [0, 0.05) is 107 Å². The number of hydrogen-bond donors (Lipinski definition) is 2. The quantitative estimate of drug-likeness (QED) is 0.0174. The molecule has 0 aliphatic carbocycles. The van der Waals surface area contributed by atoms with Gasteiger partial charge in [-0.25, -0.2) is 59.5 Å². The molecule has 12 aromatic rings. The van der Waals surface area contributed by atoms with Crippen molar-refractivity contribution in [1.29, 1.82) is 0 Å². The molecule has 2 fully saturated rings. The average Bonchev–Trinajstić information content (AvgIpc) is 1.63. The van der Waals surface area contributed by atoms with Crippen molar-refractivity contribution in [2.24, 2.45) is 0 Å². The van der Waals surface area contributed by atoms with Gasteiger partial charge in [-0.05, 0) is 293 Å². The van der Waals surface area contributed by atoms with Crippen LogP contribution in [0.3, 0.4) is 0 Å². The van der Waals surface area contributed by atoms with Crippen LogP contribution >= 0.6 is 91.5 Å². The molecule has 726 valence electrons. The van der Waals surface area contributed by atoms with Crippen LogP contribution in [0.4, 0.5) is 40.3 Å². The Kier molecular flexibility index (Phi) is 52.6. The Labute approximate surface area is 867 Å². The van der Waals surface area contributed by atoms with Crippen molar-refractivity contribution in [2.75, 3.05) is 59.2 Å². The molecular formula is C107H104Br2F7N2NaO15S5. The van der Waals surface area contributed by atoms with E-state index in [-0.39, 0.29) is 99.3 Å². The van der Waals surface area contributed by atoms with Gasteiger partial charge in [-0.15, -0.1) is 59.7 Å². The van der Waals surface area contributed by atoms with Crippen LogP contribution in [0, 0.1) is 54.6 Å². The number of amides is 2. The van der Waals surface area contributed by atoms with Gasteiger partial charge in [-0.3, -0.25) is 9.59 Å². The zero-order valence-corrected chi connectivity index (χ0v) is 87.0. The number of piperidine rings is 2. The Hall–Kier alpha value is -10.7. The number of ether oxygens (including phenoxy) is 5. The number of Topliss-reactive ketones (excluding diaryl/α,β-unsaturated/α-hetero) is 1. The summed E-state index contributed by atoms with van der Waals surface area (Å²) in [5, 5.41) is 9.45. The summed E-state index contributed by atoms with van der Waals surface area (Å²) in [6, 6.07) is 75.1. The summed E-state index contributed by atoms with van der Waals surface area (Å²) in [4.78, 5) is 100. The summed E-state index contributed by atoms with van der Waals surface area (Å²) in [6.45, 7) is 16.4. The number of hydrogen-bond acceptors (Lipinski definition) is 19. The van der Waals surface area contributed by atoms with Crippen LogP contribution in [0.1, 0.15) is 168 Å². The number of carboxylic acids is 1. The zero-order chi connectivity index (χ0) is 99.3. The molecule has 0 spiro atoms. The molecule has 17 nitrogen and oxygen atoms in total. The Bertz CT molecular complexity index is 6080. The third-order valence-corrected chi connectivity index (χ3v) is 26.4. The molecule has 0 aromatic heterocycles. The number of carbonyl (C=O) groups is 8. The number of thiol groups is 1. The van der Waals surface area contributed by atoms with E-state index in [0.717, 1.165) is 64.9 Å². The molecule has 2 N–H and O–H groups in total. The second kappa shape index (κ2) is 62.5. The molecule has 4 aliphatic heterocycles. The molecule has 0 bridgehead atoms. The summed E-state index contributed by atoms with van der Waals surface area (Å²) in [5.74, 6) is -1.80. The number of ketones is 2. The third kappa shape index (κ3) is 38.7. The number of carbonyl (C=O) groups excluding carboxylic acids is 7. The van der Waals surface area contributed by atoms with Crippen molar-refractivity contribution >= 4 is 145 Å². The van der Waals surface area contributed by atoms with Crippen LogP contribution < -0.4 is 29.6 Å². The molecule has 12 aromatic carbocycles. The average molecular weight is 2130 g/mol. The number of benzene rings is 12. The minimum atomic E-state index is -1.03. The maximum absolute atomic E-state index is 13.9. The fraction of sp³-hybridized carbons (Fsp3) is 0.234. The maximum atomic E-state index is 13.9. The molecule has 32 heteroatoms. The molecule has 4 heterocycles. The second-order valence-corrected chi connectivity index (χ2v) is 35.9. The van der Waals surface area contributed by atoms with Crippen molar-refractivity contribution in [3.05, 3.63) is 401 Å². The SMILES string of the molecule is CCOC(=O)N1CCC(=C2c3ccc(F)cc3CSc3ccccc32)CC1.CCOC(=O)N1CCC(=O)CC1.CCOC(=O)c1ccc(F)cc1C.CCOC(=O)c1ccc(F)cc1CBr.CCOC(=O)c1ccc(F)cc1CSc1ccccc1.Cc1cc(F)ccc1Br.O=C(O)c1ccc(F)cc1CSc1ccccc1.O=C1c2ccc(F)cc2CSc2ccccc21.Sc1ccccc1.[Na+].[OH-]. The number of rotatable bonds is 16. The largest absolute Gasteiger partial charge is 1.00 e. The van der Waals surface area contributed by atoms with E-state index in [4.69, 9.17) is 28.8 Å². The molecule has 2 saturated heterocycles. The maximum Gasteiger partial charge on any atom is 1.00 e. The van der Waals surface area contributed by atoms with E-state index in [1.807, 2.05) is 141 Å². The fourth-order valence-corrected chi connectivity index (χ4v) is 18.3. The van der Waals surface area contributed by atoms with Crippen LogP contribution in [-0.4, -0.2) is 127 Å². The first-order valence-electron chi connectivity index (χ1n) is 43.5. The second-order valence-electron chi connectivity index (χ2n) is 29.8. The molecule has 4 aliphatic rings. The molecule has 2 amide bonds. The van der Waals surface area contributed by atoms with Gasteiger partial charge in [-0.2, -0.15) is 0 Å². The van der Waals surface area contributed by atoms with Gasteiger partial charge in [-0.1, -0.05) is 128 Å². The Morgan fingerprint density at radius 3 is 1.19 bits per heavy atom. The normalized spacial score (nSPS) is 12.2. The Morgan fingerprint density at radius 1 is 0.403 bits per heavy atom. The van der Waals surface area contributed by atoms with Gasteiger partial charge in [0.2, 0.25) is 0 Å². The summed E-state index contributed by atoms with van der Waals surface area (Å²) in [5.41, 5.74) is 12.7. The Morgan fingerprint density at radius 2 is 0.755 bits per heavy atom. The van der Waals surface area contributed by atoms with E-state index in [2.05, 4.69) is 62.7 Å². The zero-order valence-electron chi connectivity index (χ0n) is 77.7. The first-order valence-corrected chi connectivity index (χ1v) is 49.8. The molecule has 0 atom stereocenters. The van der Waals surface area contributed by atoms with Crippen molar-refractivity contribution in [1.82, 2.24) is 9.80 Å². The van der Waals surface area contributed by atoms with E-state index in [0.29, 0.717) is 145 Å². The molecule has 0 radical (unpaired) electrons. The molecule has 139 heavy (non-hydrogen) atoms. The predicted molar refractivity (Wildman–Crippen MR) is 539 cm³/mol. The molecule has 0 unspecified atom stereocenters. The third-order valence-electron chi connectivity index (χ3n) is 20.2. The van der Waals surface area contributed by atoms with E-state index >= 15 is 0 Å². The number of halogens is 9. The monoisotopic (exact) mass is 2130 g/mol. The van der Waals surface area contributed by atoms with E-state index in [1.54, 1.807) is 104 Å². The van der Waals surface area contributed by atoms with E-state index in [9.17, 15) is 69.1 Å². The minimum absolute atomic E-state index is 0.